The fourth-order valence-corrected chi connectivity index (χ4v) is 1.40. The Morgan fingerprint density at radius 3 is 2.65 bits per heavy atom. The van der Waals surface area contributed by atoms with E-state index in [1.54, 1.807) is 13.2 Å². The summed E-state index contributed by atoms with van der Waals surface area (Å²) < 4.78 is 4.84. The third kappa shape index (κ3) is 5.27. The van der Waals surface area contributed by atoms with E-state index in [0.29, 0.717) is 13.0 Å². The predicted octanol–water partition coefficient (Wildman–Crippen LogP) is 3.03. The largest absolute Gasteiger partial charge is 0.384 e. The van der Waals surface area contributed by atoms with E-state index in [-0.39, 0.29) is 5.78 Å². The van der Waals surface area contributed by atoms with Gasteiger partial charge < -0.3 is 4.74 Å². The SMILES string of the molecule is C=Cc1ccc(C/C=C/C(=O)CCOC)cc1. The average Bonchev–Trinajstić information content (AvgIpc) is 2.37. The Hall–Kier alpha value is -1.67. The predicted molar refractivity (Wildman–Crippen MR) is 70.9 cm³/mol. The van der Waals surface area contributed by atoms with Crippen LogP contribution < -0.4 is 0 Å². The second kappa shape index (κ2) is 7.58. The Kier molecular flexibility index (Phi) is 5.97. The van der Waals surface area contributed by atoms with Crippen LogP contribution in [0.2, 0.25) is 0 Å². The van der Waals surface area contributed by atoms with Crippen molar-refractivity contribution < 1.29 is 9.53 Å². The maximum Gasteiger partial charge on any atom is 0.157 e. The number of allylic oxidation sites excluding steroid dienone is 2. The van der Waals surface area contributed by atoms with Crippen molar-refractivity contribution in [2.75, 3.05) is 13.7 Å². The molecule has 0 heterocycles. The van der Waals surface area contributed by atoms with Gasteiger partial charge in [0.25, 0.3) is 0 Å². The molecule has 1 aromatic rings. The van der Waals surface area contributed by atoms with Crippen molar-refractivity contribution in [2.24, 2.45) is 0 Å². The van der Waals surface area contributed by atoms with E-state index in [0.717, 1.165) is 12.0 Å². The first-order chi connectivity index (χ1) is 8.26. The van der Waals surface area contributed by atoms with E-state index in [4.69, 9.17) is 4.74 Å². The molecular formula is C15H18O2. The third-order valence-corrected chi connectivity index (χ3v) is 2.43. The molecule has 0 spiro atoms. The Morgan fingerprint density at radius 1 is 1.35 bits per heavy atom. The Balaban J connectivity index is 2.41. The van der Waals surface area contributed by atoms with Gasteiger partial charge >= 0.3 is 0 Å². The lowest BCUT2D eigenvalue weighted by atomic mass is 10.1. The molecule has 0 radical (unpaired) electrons. The number of carbonyl (C=O) groups is 1. The van der Waals surface area contributed by atoms with Crippen molar-refractivity contribution in [1.82, 2.24) is 0 Å². The van der Waals surface area contributed by atoms with Crippen LogP contribution in [-0.4, -0.2) is 19.5 Å². The van der Waals surface area contributed by atoms with Crippen LogP contribution in [0.3, 0.4) is 0 Å². The summed E-state index contributed by atoms with van der Waals surface area (Å²) in [4.78, 5) is 11.3. The normalized spacial score (nSPS) is 10.6. The summed E-state index contributed by atoms with van der Waals surface area (Å²) in [6.45, 7) is 4.19. The van der Waals surface area contributed by atoms with Crippen LogP contribution in [0.5, 0.6) is 0 Å². The monoisotopic (exact) mass is 230 g/mol. The molecule has 0 saturated carbocycles. The van der Waals surface area contributed by atoms with E-state index in [1.165, 1.54) is 5.56 Å². The second-order valence-electron chi connectivity index (χ2n) is 3.76. The van der Waals surface area contributed by atoms with Crippen LogP contribution >= 0.6 is 0 Å². The summed E-state index contributed by atoms with van der Waals surface area (Å²) in [6, 6.07) is 8.12. The Bertz CT molecular complexity index is 388. The zero-order chi connectivity index (χ0) is 12.5. The van der Waals surface area contributed by atoms with Crippen molar-refractivity contribution in [3.63, 3.8) is 0 Å². The fraction of sp³-hybridized carbons (Fsp3) is 0.267. The molecule has 2 nitrogen and oxygen atoms in total. The molecule has 90 valence electrons. The maximum atomic E-state index is 11.3. The molecule has 0 fully saturated rings. The van der Waals surface area contributed by atoms with Gasteiger partial charge in [0.05, 0.1) is 6.61 Å². The van der Waals surface area contributed by atoms with E-state index >= 15 is 0 Å². The van der Waals surface area contributed by atoms with Crippen molar-refractivity contribution >= 4 is 11.9 Å². The number of hydrogen-bond acceptors (Lipinski definition) is 2. The molecule has 0 unspecified atom stereocenters. The highest BCUT2D eigenvalue weighted by atomic mass is 16.5. The second-order valence-corrected chi connectivity index (χ2v) is 3.76. The highest BCUT2D eigenvalue weighted by Crippen LogP contribution is 2.06. The third-order valence-electron chi connectivity index (χ3n) is 2.43. The molecule has 0 atom stereocenters. The average molecular weight is 230 g/mol. The minimum Gasteiger partial charge on any atom is -0.384 e. The van der Waals surface area contributed by atoms with Crippen LogP contribution in [0.25, 0.3) is 6.08 Å². The molecule has 0 aromatic heterocycles. The standard InChI is InChI=1S/C15H18O2/c1-3-13-7-9-14(10-8-13)5-4-6-15(16)11-12-17-2/h3-4,6-10H,1,5,11-12H2,2H3/b6-4+. The summed E-state index contributed by atoms with van der Waals surface area (Å²) in [5.74, 6) is 0.106. The number of benzene rings is 1. The molecule has 0 saturated heterocycles. The van der Waals surface area contributed by atoms with Crippen molar-refractivity contribution in [2.45, 2.75) is 12.8 Å². The number of ketones is 1. The first-order valence-corrected chi connectivity index (χ1v) is 5.66. The lowest BCUT2D eigenvalue weighted by Gasteiger charge is -1.97. The van der Waals surface area contributed by atoms with E-state index < -0.39 is 0 Å². The molecule has 0 aliphatic carbocycles. The Labute approximate surface area is 103 Å². The van der Waals surface area contributed by atoms with Gasteiger partial charge in [0.15, 0.2) is 5.78 Å². The maximum absolute atomic E-state index is 11.3. The molecule has 0 aliphatic rings. The summed E-state index contributed by atoms with van der Waals surface area (Å²) in [5.41, 5.74) is 2.29. The lowest BCUT2D eigenvalue weighted by molar-refractivity contribution is -0.115. The Morgan fingerprint density at radius 2 is 2.06 bits per heavy atom. The van der Waals surface area contributed by atoms with Gasteiger partial charge in [-0.15, -0.1) is 0 Å². The van der Waals surface area contributed by atoms with Gasteiger partial charge in [-0.25, -0.2) is 0 Å². The van der Waals surface area contributed by atoms with Gasteiger partial charge in [-0.05, 0) is 23.6 Å². The van der Waals surface area contributed by atoms with E-state index in [9.17, 15) is 4.79 Å². The molecule has 1 rings (SSSR count). The molecule has 0 amide bonds. The zero-order valence-electron chi connectivity index (χ0n) is 10.2. The van der Waals surface area contributed by atoms with Crippen LogP contribution in [0, 0.1) is 0 Å². The number of methoxy groups -OCH3 is 1. The van der Waals surface area contributed by atoms with Gasteiger partial charge in [-0.1, -0.05) is 43.0 Å². The van der Waals surface area contributed by atoms with Gasteiger partial charge in [0.1, 0.15) is 0 Å². The first-order valence-electron chi connectivity index (χ1n) is 5.66. The molecule has 0 bridgehead atoms. The van der Waals surface area contributed by atoms with Crippen molar-refractivity contribution in [1.29, 1.82) is 0 Å². The smallest absolute Gasteiger partial charge is 0.157 e. The highest BCUT2D eigenvalue weighted by molar-refractivity contribution is 5.89. The van der Waals surface area contributed by atoms with Crippen molar-refractivity contribution in [3.05, 3.63) is 54.1 Å². The van der Waals surface area contributed by atoms with Crippen LogP contribution in [-0.2, 0) is 16.0 Å². The van der Waals surface area contributed by atoms with E-state index in [2.05, 4.69) is 6.58 Å². The van der Waals surface area contributed by atoms with Gasteiger partial charge in [0, 0.05) is 13.5 Å². The number of ether oxygens (including phenoxy) is 1. The van der Waals surface area contributed by atoms with Gasteiger partial charge in [0.2, 0.25) is 0 Å². The number of carbonyl (C=O) groups excluding carboxylic acids is 1. The van der Waals surface area contributed by atoms with Crippen LogP contribution in [0.4, 0.5) is 0 Å². The quantitative estimate of drug-likeness (QED) is 0.673. The summed E-state index contributed by atoms with van der Waals surface area (Å²) in [5, 5.41) is 0. The van der Waals surface area contributed by atoms with Crippen LogP contribution in [0.15, 0.2) is 43.0 Å². The molecule has 17 heavy (non-hydrogen) atoms. The van der Waals surface area contributed by atoms with Gasteiger partial charge in [-0.2, -0.15) is 0 Å². The minimum absolute atomic E-state index is 0.106. The van der Waals surface area contributed by atoms with Crippen LogP contribution in [0.1, 0.15) is 17.5 Å². The molecule has 1 aromatic carbocycles. The first kappa shape index (κ1) is 13.4. The summed E-state index contributed by atoms with van der Waals surface area (Å²) in [6.07, 6.45) is 6.55. The zero-order valence-corrected chi connectivity index (χ0v) is 10.2. The van der Waals surface area contributed by atoms with E-state index in [1.807, 2.05) is 36.4 Å². The molecule has 0 aliphatic heterocycles. The molecular weight excluding hydrogens is 212 g/mol. The minimum atomic E-state index is 0.106. The highest BCUT2D eigenvalue weighted by Gasteiger charge is 1.95. The topological polar surface area (TPSA) is 26.3 Å². The van der Waals surface area contributed by atoms with Gasteiger partial charge in [-0.3, -0.25) is 4.79 Å². The molecule has 2 heteroatoms. The summed E-state index contributed by atoms with van der Waals surface area (Å²) in [7, 11) is 1.60. The number of rotatable bonds is 7. The van der Waals surface area contributed by atoms with Crippen molar-refractivity contribution in [3.8, 4) is 0 Å². The molecule has 0 N–H and O–H groups in total. The lowest BCUT2D eigenvalue weighted by Crippen LogP contribution is -1.98. The summed E-state index contributed by atoms with van der Waals surface area (Å²) >= 11 is 0. The fourth-order valence-electron chi connectivity index (χ4n) is 1.40. The number of hydrogen-bond donors (Lipinski definition) is 0.